The average Bonchev–Trinajstić information content (AvgIpc) is 2.74. The molecule has 0 aliphatic rings. The van der Waals surface area contributed by atoms with Crippen LogP contribution in [0.3, 0.4) is 0 Å². The molecule has 3 aromatic rings. The lowest BCUT2D eigenvalue weighted by Gasteiger charge is -2.29. The number of phenolic OH excluding ortho intramolecular Hbond substituents is 1. The van der Waals surface area contributed by atoms with Gasteiger partial charge >= 0.3 is 0 Å². The van der Waals surface area contributed by atoms with E-state index in [9.17, 15) is 5.11 Å². The SMILES string of the molecule is CC(C)(C)c1cc(C(C#Cc2ccccc2)CCc2ccccc2)cc(C(C)(C)C)c1O. The van der Waals surface area contributed by atoms with Gasteiger partial charge in [0, 0.05) is 11.5 Å². The Balaban J connectivity index is 2.09. The van der Waals surface area contributed by atoms with Crippen molar-refractivity contribution in [3.8, 4) is 17.6 Å². The van der Waals surface area contributed by atoms with Gasteiger partial charge in [0.25, 0.3) is 0 Å². The highest BCUT2D eigenvalue weighted by molar-refractivity contribution is 5.52. The molecule has 0 saturated carbocycles. The van der Waals surface area contributed by atoms with Crippen LogP contribution >= 0.6 is 0 Å². The molecule has 1 unspecified atom stereocenters. The van der Waals surface area contributed by atoms with Crippen LogP contribution in [0.2, 0.25) is 0 Å². The minimum Gasteiger partial charge on any atom is -0.507 e. The lowest BCUT2D eigenvalue weighted by molar-refractivity contribution is 0.422. The predicted octanol–water partition coefficient (Wildman–Crippen LogP) is 7.76. The maximum Gasteiger partial charge on any atom is 0.123 e. The molecule has 3 aromatic carbocycles. The fraction of sp³-hybridized carbons (Fsp3) is 0.355. The van der Waals surface area contributed by atoms with Crippen molar-refractivity contribution in [1.82, 2.24) is 0 Å². The third-order valence-electron chi connectivity index (χ3n) is 5.88. The van der Waals surface area contributed by atoms with Crippen LogP contribution < -0.4 is 0 Å². The van der Waals surface area contributed by atoms with Crippen LogP contribution in [0.15, 0.2) is 72.8 Å². The van der Waals surface area contributed by atoms with Crippen molar-refractivity contribution in [3.63, 3.8) is 0 Å². The number of benzene rings is 3. The summed E-state index contributed by atoms with van der Waals surface area (Å²) in [7, 11) is 0. The number of hydrogen-bond acceptors (Lipinski definition) is 1. The van der Waals surface area contributed by atoms with E-state index in [1.165, 1.54) is 11.1 Å². The van der Waals surface area contributed by atoms with Crippen LogP contribution in [0.25, 0.3) is 0 Å². The molecule has 1 atom stereocenters. The molecule has 0 bridgehead atoms. The van der Waals surface area contributed by atoms with Gasteiger partial charge in [0.1, 0.15) is 5.75 Å². The van der Waals surface area contributed by atoms with Gasteiger partial charge in [0.2, 0.25) is 0 Å². The maximum atomic E-state index is 11.1. The molecular formula is C31H36O. The standard InChI is InChI=1S/C31H36O/c1-30(2,3)27-21-26(22-28(29(27)32)31(4,5)6)25(19-17-23-13-9-7-10-14-23)20-18-24-15-11-8-12-16-24/h7-16,21-22,25,32H,17,19H2,1-6H3. The first kappa shape index (κ1) is 23.7. The molecule has 0 amide bonds. The van der Waals surface area contributed by atoms with Crippen LogP contribution in [0.1, 0.15) is 81.7 Å². The summed E-state index contributed by atoms with van der Waals surface area (Å²) < 4.78 is 0. The van der Waals surface area contributed by atoms with Crippen molar-refractivity contribution < 1.29 is 5.11 Å². The Morgan fingerprint density at radius 2 is 1.25 bits per heavy atom. The van der Waals surface area contributed by atoms with Crippen LogP contribution in [0.4, 0.5) is 0 Å². The number of phenols is 1. The second-order valence-electron chi connectivity index (χ2n) is 10.7. The van der Waals surface area contributed by atoms with Crippen molar-refractivity contribution in [1.29, 1.82) is 0 Å². The van der Waals surface area contributed by atoms with Crippen LogP contribution in [0.5, 0.6) is 5.75 Å². The summed E-state index contributed by atoms with van der Waals surface area (Å²) in [5, 5.41) is 11.1. The highest BCUT2D eigenvalue weighted by Crippen LogP contribution is 2.41. The normalized spacial score (nSPS) is 12.7. The molecule has 0 heterocycles. The minimum absolute atomic E-state index is 0.0817. The molecule has 1 N–H and O–H groups in total. The summed E-state index contributed by atoms with van der Waals surface area (Å²) in [5.74, 6) is 7.47. The summed E-state index contributed by atoms with van der Waals surface area (Å²) in [6.45, 7) is 13.0. The number of aromatic hydroxyl groups is 1. The van der Waals surface area contributed by atoms with Crippen LogP contribution in [-0.4, -0.2) is 5.11 Å². The molecule has 32 heavy (non-hydrogen) atoms. The van der Waals surface area contributed by atoms with Gasteiger partial charge < -0.3 is 5.11 Å². The summed E-state index contributed by atoms with van der Waals surface area (Å²) in [6, 6.07) is 25.1. The minimum atomic E-state index is -0.156. The first-order valence-electron chi connectivity index (χ1n) is 11.5. The fourth-order valence-electron chi connectivity index (χ4n) is 3.97. The fourth-order valence-corrected chi connectivity index (χ4v) is 3.97. The molecule has 0 fully saturated rings. The van der Waals surface area contributed by atoms with E-state index in [4.69, 9.17) is 0 Å². The van der Waals surface area contributed by atoms with Gasteiger partial charge in [-0.1, -0.05) is 114 Å². The Kier molecular flexibility index (Phi) is 7.15. The molecule has 0 aliphatic carbocycles. The van der Waals surface area contributed by atoms with E-state index in [1.807, 2.05) is 18.2 Å². The molecule has 0 aromatic heterocycles. The molecule has 0 aliphatic heterocycles. The zero-order chi connectivity index (χ0) is 23.4. The number of aryl methyl sites for hydroxylation is 1. The van der Waals surface area contributed by atoms with Gasteiger partial charge in [-0.05, 0) is 58.1 Å². The average molecular weight is 425 g/mol. The van der Waals surface area contributed by atoms with E-state index in [2.05, 4.69) is 108 Å². The summed E-state index contributed by atoms with van der Waals surface area (Å²) in [5.41, 5.74) is 5.22. The zero-order valence-electron chi connectivity index (χ0n) is 20.4. The Morgan fingerprint density at radius 3 is 1.75 bits per heavy atom. The quantitative estimate of drug-likeness (QED) is 0.424. The van der Waals surface area contributed by atoms with Gasteiger partial charge in [-0.2, -0.15) is 0 Å². The molecule has 0 saturated heterocycles. The van der Waals surface area contributed by atoms with E-state index < -0.39 is 0 Å². The van der Waals surface area contributed by atoms with Crippen molar-refractivity contribution in [2.75, 3.05) is 0 Å². The second-order valence-corrected chi connectivity index (χ2v) is 10.7. The van der Waals surface area contributed by atoms with E-state index in [0.717, 1.165) is 29.5 Å². The van der Waals surface area contributed by atoms with Gasteiger partial charge in [0.15, 0.2) is 0 Å². The third kappa shape index (κ3) is 6.04. The highest BCUT2D eigenvalue weighted by atomic mass is 16.3. The Bertz CT molecular complexity index is 1050. The molecular weight excluding hydrogens is 388 g/mol. The van der Waals surface area contributed by atoms with Crippen molar-refractivity contribution in [2.24, 2.45) is 0 Å². The van der Waals surface area contributed by atoms with E-state index in [1.54, 1.807) is 0 Å². The molecule has 1 nitrogen and oxygen atoms in total. The molecule has 1 heteroatoms. The number of rotatable bonds is 4. The lowest BCUT2D eigenvalue weighted by atomic mass is 9.76. The largest absolute Gasteiger partial charge is 0.507 e. The van der Waals surface area contributed by atoms with Gasteiger partial charge in [-0.15, -0.1) is 0 Å². The molecule has 0 spiro atoms. The van der Waals surface area contributed by atoms with Crippen molar-refractivity contribution >= 4 is 0 Å². The van der Waals surface area contributed by atoms with Crippen LogP contribution in [0, 0.1) is 11.8 Å². The predicted molar refractivity (Wildman–Crippen MR) is 136 cm³/mol. The second kappa shape index (κ2) is 9.66. The Morgan fingerprint density at radius 1 is 0.750 bits per heavy atom. The van der Waals surface area contributed by atoms with E-state index in [-0.39, 0.29) is 16.7 Å². The van der Waals surface area contributed by atoms with Crippen molar-refractivity contribution in [3.05, 3.63) is 101 Å². The molecule has 3 rings (SSSR count). The van der Waals surface area contributed by atoms with E-state index >= 15 is 0 Å². The summed E-state index contributed by atoms with van der Waals surface area (Å²) in [6.07, 6.45) is 1.90. The molecule has 0 radical (unpaired) electrons. The summed E-state index contributed by atoms with van der Waals surface area (Å²) in [4.78, 5) is 0. The molecule has 166 valence electrons. The zero-order valence-corrected chi connectivity index (χ0v) is 20.4. The van der Waals surface area contributed by atoms with Gasteiger partial charge in [0.05, 0.1) is 0 Å². The van der Waals surface area contributed by atoms with Crippen LogP contribution in [-0.2, 0) is 17.3 Å². The Hall–Kier alpha value is -2.98. The topological polar surface area (TPSA) is 20.2 Å². The first-order valence-corrected chi connectivity index (χ1v) is 11.5. The highest BCUT2D eigenvalue weighted by Gasteiger charge is 2.27. The monoisotopic (exact) mass is 424 g/mol. The lowest BCUT2D eigenvalue weighted by Crippen LogP contribution is -2.18. The third-order valence-corrected chi connectivity index (χ3v) is 5.88. The first-order chi connectivity index (χ1) is 15.1. The summed E-state index contributed by atoms with van der Waals surface area (Å²) >= 11 is 0. The van der Waals surface area contributed by atoms with Crippen molar-refractivity contribution in [2.45, 2.75) is 71.1 Å². The van der Waals surface area contributed by atoms with E-state index in [0.29, 0.717) is 5.75 Å². The van der Waals surface area contributed by atoms with Gasteiger partial charge in [-0.3, -0.25) is 0 Å². The Labute approximate surface area is 194 Å². The van der Waals surface area contributed by atoms with Gasteiger partial charge in [-0.25, -0.2) is 0 Å². The number of hydrogen-bond donors (Lipinski definition) is 1. The maximum absolute atomic E-state index is 11.1. The smallest absolute Gasteiger partial charge is 0.123 e.